The second-order valence-corrected chi connectivity index (χ2v) is 11.0. The van der Waals surface area contributed by atoms with Gasteiger partial charge in [-0.25, -0.2) is 13.8 Å². The number of rotatable bonds is 1. The van der Waals surface area contributed by atoms with Gasteiger partial charge in [-0.1, -0.05) is 30.3 Å². The number of carbonyl (C=O) groups is 1. The summed E-state index contributed by atoms with van der Waals surface area (Å²) in [6.07, 6.45) is 0.997. The van der Waals surface area contributed by atoms with Gasteiger partial charge in [0.1, 0.15) is 6.17 Å². The summed E-state index contributed by atoms with van der Waals surface area (Å²) in [5.74, 6) is -1.80. The first kappa shape index (κ1) is 22.5. The summed E-state index contributed by atoms with van der Waals surface area (Å²) in [6, 6.07) is 10.8. The zero-order valence-corrected chi connectivity index (χ0v) is 20.7. The molecule has 2 aliphatic heterocycles. The highest BCUT2D eigenvalue weighted by molar-refractivity contribution is 7.99. The van der Waals surface area contributed by atoms with Crippen molar-refractivity contribution in [1.29, 1.82) is 0 Å². The van der Waals surface area contributed by atoms with Gasteiger partial charge in [0.05, 0.1) is 22.1 Å². The molecule has 37 heavy (non-hydrogen) atoms. The Kier molecular flexibility index (Phi) is 4.96. The minimum Gasteiger partial charge on any atom is -0.502 e. The van der Waals surface area contributed by atoms with Crippen LogP contribution in [-0.4, -0.2) is 49.8 Å². The molecule has 2 atom stereocenters. The van der Waals surface area contributed by atoms with Crippen LogP contribution in [0.15, 0.2) is 59.0 Å². The largest absolute Gasteiger partial charge is 0.502 e. The lowest BCUT2D eigenvalue weighted by atomic mass is 9.92. The van der Waals surface area contributed by atoms with Crippen LogP contribution in [0.1, 0.15) is 27.7 Å². The third-order valence-electron chi connectivity index (χ3n) is 7.17. The van der Waals surface area contributed by atoms with Crippen LogP contribution in [0, 0.1) is 11.6 Å². The van der Waals surface area contributed by atoms with Gasteiger partial charge >= 0.3 is 0 Å². The Morgan fingerprint density at radius 1 is 1.05 bits per heavy atom. The summed E-state index contributed by atoms with van der Waals surface area (Å²) in [5.41, 5.74) is 3.35. The number of aromatic hydroxyl groups is 1. The third-order valence-corrected chi connectivity index (χ3v) is 9.03. The lowest BCUT2D eigenvalue weighted by molar-refractivity contribution is 0.0588. The second-order valence-electron chi connectivity index (χ2n) is 9.00. The molecule has 2 aromatic heterocycles. The lowest BCUT2D eigenvalue weighted by Gasteiger charge is -2.51. The molecule has 0 bridgehead atoms. The number of amides is 1. The molecule has 4 aromatic rings. The highest BCUT2D eigenvalue weighted by Crippen LogP contribution is 2.50. The van der Waals surface area contributed by atoms with E-state index in [-0.39, 0.29) is 11.3 Å². The summed E-state index contributed by atoms with van der Waals surface area (Å²) in [5, 5.41) is 12.6. The van der Waals surface area contributed by atoms with Crippen LogP contribution < -0.4 is 10.4 Å². The second kappa shape index (κ2) is 8.15. The topological polar surface area (TPSA) is 78.7 Å². The van der Waals surface area contributed by atoms with Crippen molar-refractivity contribution in [1.82, 2.24) is 14.6 Å². The van der Waals surface area contributed by atoms with Crippen molar-refractivity contribution in [2.75, 3.05) is 23.1 Å². The Morgan fingerprint density at radius 3 is 2.76 bits per heavy atom. The Balaban J connectivity index is 1.59. The number of thiazole rings is 1. The van der Waals surface area contributed by atoms with Crippen LogP contribution in [0.2, 0.25) is 0 Å². The van der Waals surface area contributed by atoms with Gasteiger partial charge in [-0.05, 0) is 22.8 Å². The van der Waals surface area contributed by atoms with Crippen LogP contribution in [0.25, 0.3) is 21.7 Å². The molecule has 1 N–H and O–H groups in total. The first-order valence-corrected chi connectivity index (χ1v) is 13.6. The fourth-order valence-corrected chi connectivity index (χ4v) is 7.45. The number of hydrogen-bond donors (Lipinski definition) is 1. The maximum absolute atomic E-state index is 15.6. The van der Waals surface area contributed by atoms with E-state index in [1.807, 2.05) is 29.3 Å². The Hall–Kier alpha value is -3.70. The number of thioether (sulfide) groups is 1. The predicted molar refractivity (Wildman–Crippen MR) is 137 cm³/mol. The van der Waals surface area contributed by atoms with E-state index in [9.17, 15) is 19.1 Å². The molecular formula is C26H18F2N4O3S2. The lowest BCUT2D eigenvalue weighted by Crippen LogP contribution is -2.65. The summed E-state index contributed by atoms with van der Waals surface area (Å²) in [4.78, 5) is 32.7. The van der Waals surface area contributed by atoms with E-state index in [0.717, 1.165) is 22.1 Å². The predicted octanol–water partition coefficient (Wildman–Crippen LogP) is 4.19. The van der Waals surface area contributed by atoms with Crippen molar-refractivity contribution in [3.8, 4) is 27.4 Å². The molecule has 7 rings (SSSR count). The number of hydrogen-bond acceptors (Lipinski definition) is 7. The molecule has 4 heterocycles. The molecule has 0 spiro atoms. The van der Waals surface area contributed by atoms with Crippen molar-refractivity contribution in [3.05, 3.63) is 92.9 Å². The molecule has 2 unspecified atom stereocenters. The average Bonchev–Trinajstić information content (AvgIpc) is 3.35. The third kappa shape index (κ3) is 3.07. The van der Waals surface area contributed by atoms with Crippen molar-refractivity contribution in [2.45, 2.75) is 12.2 Å². The number of benzene rings is 2. The van der Waals surface area contributed by atoms with Crippen LogP contribution in [0.4, 0.5) is 8.78 Å². The van der Waals surface area contributed by atoms with Gasteiger partial charge in [0, 0.05) is 35.9 Å². The van der Waals surface area contributed by atoms with Crippen molar-refractivity contribution in [3.63, 3.8) is 0 Å². The normalized spacial score (nSPS) is 19.9. The van der Waals surface area contributed by atoms with Gasteiger partial charge in [-0.3, -0.25) is 19.3 Å². The van der Waals surface area contributed by atoms with Crippen LogP contribution in [0.5, 0.6) is 5.75 Å². The molecule has 186 valence electrons. The Bertz CT molecular complexity index is 1670. The number of fused-ring (bicyclic) bond motifs is 7. The Labute approximate surface area is 217 Å². The average molecular weight is 537 g/mol. The van der Waals surface area contributed by atoms with Gasteiger partial charge in [-0.2, -0.15) is 11.8 Å². The van der Waals surface area contributed by atoms with Crippen molar-refractivity contribution in [2.24, 2.45) is 0 Å². The molecule has 0 saturated carbocycles. The zero-order chi connectivity index (χ0) is 25.4. The van der Waals surface area contributed by atoms with E-state index < -0.39 is 40.9 Å². The molecule has 11 heteroatoms. The van der Waals surface area contributed by atoms with E-state index in [1.165, 1.54) is 28.3 Å². The molecule has 2 aromatic carbocycles. The molecule has 0 radical (unpaired) electrons. The Morgan fingerprint density at radius 2 is 1.89 bits per heavy atom. The minimum absolute atomic E-state index is 0.0659. The standard InChI is InChI=1S/C26H18F2N4O3S2/c27-16-6-5-15-19(20(16)28)21-25(37-12-29-21)14-4-2-1-3-13(14)22(15)32-18-11-36-10-9-30(18)26(35)23-24(34)17(33)7-8-31(23)32/h1-8,12,18,22,34H,9-11H2. The fourth-order valence-electron chi connectivity index (χ4n) is 5.58. The summed E-state index contributed by atoms with van der Waals surface area (Å²) >= 11 is 3.02. The zero-order valence-electron chi connectivity index (χ0n) is 19.1. The summed E-state index contributed by atoms with van der Waals surface area (Å²) in [7, 11) is 0. The number of halogens is 2. The van der Waals surface area contributed by atoms with E-state index in [1.54, 1.807) is 28.2 Å². The maximum Gasteiger partial charge on any atom is 0.278 e. The first-order chi connectivity index (χ1) is 18.0. The first-order valence-electron chi connectivity index (χ1n) is 11.6. The fraction of sp³-hybridized carbons (Fsp3) is 0.192. The molecule has 1 amide bonds. The van der Waals surface area contributed by atoms with Gasteiger partial charge in [0.2, 0.25) is 5.43 Å². The van der Waals surface area contributed by atoms with Crippen LogP contribution >= 0.6 is 23.1 Å². The molecule has 3 aliphatic rings. The van der Waals surface area contributed by atoms with E-state index >= 15 is 4.39 Å². The van der Waals surface area contributed by atoms with Crippen LogP contribution in [0.3, 0.4) is 0 Å². The van der Waals surface area contributed by atoms with Gasteiger partial charge < -0.3 is 10.0 Å². The molecule has 1 saturated heterocycles. The number of pyridine rings is 1. The molecular weight excluding hydrogens is 518 g/mol. The van der Waals surface area contributed by atoms with E-state index in [2.05, 4.69) is 4.98 Å². The maximum atomic E-state index is 15.6. The quantitative estimate of drug-likeness (QED) is 0.393. The van der Waals surface area contributed by atoms with Gasteiger partial charge in [0.15, 0.2) is 23.1 Å². The van der Waals surface area contributed by atoms with Gasteiger partial charge in [-0.15, -0.1) is 11.3 Å². The monoisotopic (exact) mass is 536 g/mol. The van der Waals surface area contributed by atoms with E-state index in [4.69, 9.17) is 0 Å². The number of aromatic nitrogens is 2. The summed E-state index contributed by atoms with van der Waals surface area (Å²) < 4.78 is 31.8. The SMILES string of the molecule is O=C1c2c(O)c(=O)ccn2N(C2c3ccccc3-c3scnc3-c3c2ccc(F)c3F)C2CSCCN12. The number of carbonyl (C=O) groups excluding carboxylic acids is 1. The van der Waals surface area contributed by atoms with Gasteiger partial charge in [0.25, 0.3) is 5.91 Å². The van der Waals surface area contributed by atoms with Crippen molar-refractivity contribution >= 4 is 29.0 Å². The molecule has 7 nitrogen and oxygen atoms in total. The number of nitrogens with zero attached hydrogens (tertiary/aromatic N) is 4. The molecule has 1 aliphatic carbocycles. The van der Waals surface area contributed by atoms with E-state index in [0.29, 0.717) is 29.3 Å². The molecule has 1 fully saturated rings. The highest BCUT2D eigenvalue weighted by atomic mass is 32.2. The smallest absolute Gasteiger partial charge is 0.278 e. The highest BCUT2D eigenvalue weighted by Gasteiger charge is 2.46. The van der Waals surface area contributed by atoms with Crippen LogP contribution in [-0.2, 0) is 0 Å². The van der Waals surface area contributed by atoms with Crippen molar-refractivity contribution < 1.29 is 18.7 Å². The minimum atomic E-state index is -0.992. The summed E-state index contributed by atoms with van der Waals surface area (Å²) in [6.45, 7) is 0.418.